The van der Waals surface area contributed by atoms with Crippen LogP contribution in [0.2, 0.25) is 0 Å². The Morgan fingerprint density at radius 1 is 1.23 bits per heavy atom. The van der Waals surface area contributed by atoms with E-state index < -0.39 is 23.8 Å². The highest BCUT2D eigenvalue weighted by Crippen LogP contribution is 2.38. The molecule has 2 aliphatic rings. The van der Waals surface area contributed by atoms with E-state index in [1.165, 1.54) is 7.11 Å². The zero-order chi connectivity index (χ0) is 21.7. The Morgan fingerprint density at radius 3 is 2.57 bits per heavy atom. The van der Waals surface area contributed by atoms with Gasteiger partial charge in [0, 0.05) is 37.8 Å². The SMILES string of the molecule is CCOC(=O)[C@H]1C(=O)NC(N2CCN(C=O)CC2)=N[C@H]1c1ccc(OC)cc1OC. The van der Waals surface area contributed by atoms with Gasteiger partial charge in [-0.1, -0.05) is 0 Å². The van der Waals surface area contributed by atoms with Gasteiger partial charge in [0.2, 0.25) is 18.3 Å². The monoisotopic (exact) mass is 418 g/mol. The Morgan fingerprint density at radius 2 is 1.97 bits per heavy atom. The molecule has 0 bridgehead atoms. The molecule has 2 atom stereocenters. The molecule has 2 heterocycles. The number of carbonyl (C=O) groups excluding carboxylic acids is 3. The average Bonchev–Trinajstić information content (AvgIpc) is 2.78. The van der Waals surface area contributed by atoms with Gasteiger partial charge in [-0.25, -0.2) is 4.99 Å². The van der Waals surface area contributed by atoms with Gasteiger partial charge >= 0.3 is 5.97 Å². The molecular formula is C20H26N4O6. The third-order valence-corrected chi connectivity index (χ3v) is 5.16. The zero-order valence-corrected chi connectivity index (χ0v) is 17.3. The molecule has 30 heavy (non-hydrogen) atoms. The van der Waals surface area contributed by atoms with Gasteiger partial charge in [0.15, 0.2) is 5.92 Å². The smallest absolute Gasteiger partial charge is 0.321 e. The Hall–Kier alpha value is -3.30. The summed E-state index contributed by atoms with van der Waals surface area (Å²) in [6.07, 6.45) is 0.806. The number of carbonyl (C=O) groups is 3. The van der Waals surface area contributed by atoms with Gasteiger partial charge in [-0.3, -0.25) is 19.7 Å². The third kappa shape index (κ3) is 4.32. The summed E-state index contributed by atoms with van der Waals surface area (Å²) in [6.45, 7) is 3.93. The van der Waals surface area contributed by atoms with E-state index in [1.807, 2.05) is 4.90 Å². The summed E-state index contributed by atoms with van der Waals surface area (Å²) >= 11 is 0. The predicted octanol–water partition coefficient (Wildman–Crippen LogP) is 0.184. The molecule has 0 saturated carbocycles. The number of piperazine rings is 1. The van der Waals surface area contributed by atoms with Crippen molar-refractivity contribution < 1.29 is 28.6 Å². The first kappa shape index (κ1) is 21.4. The summed E-state index contributed by atoms with van der Waals surface area (Å²) in [5, 5.41) is 2.73. The highest BCUT2D eigenvalue weighted by molar-refractivity contribution is 6.08. The summed E-state index contributed by atoms with van der Waals surface area (Å²) in [5.74, 6) is -0.873. The van der Waals surface area contributed by atoms with Crippen LogP contribution in [-0.4, -0.2) is 81.1 Å². The molecule has 0 aliphatic carbocycles. The van der Waals surface area contributed by atoms with Crippen LogP contribution in [0.1, 0.15) is 18.5 Å². The third-order valence-electron chi connectivity index (χ3n) is 5.16. The maximum absolute atomic E-state index is 12.9. The van der Waals surface area contributed by atoms with Crippen LogP contribution < -0.4 is 14.8 Å². The standard InChI is InChI=1S/C20H26N4O6/c1-4-30-19(27)16-17(14-6-5-13(28-2)11-15(14)29-3)21-20(22-18(16)26)24-9-7-23(12-25)8-10-24/h5-6,11-12,16-17H,4,7-10H2,1-3H3,(H,21,22,26)/t16-,17+/m1/s1. The van der Waals surface area contributed by atoms with Crippen molar-refractivity contribution in [2.75, 3.05) is 47.0 Å². The minimum absolute atomic E-state index is 0.152. The number of rotatable bonds is 6. The molecule has 0 aromatic heterocycles. The van der Waals surface area contributed by atoms with Crippen LogP contribution in [0.5, 0.6) is 11.5 Å². The van der Waals surface area contributed by atoms with Gasteiger partial charge < -0.3 is 24.0 Å². The van der Waals surface area contributed by atoms with Crippen molar-refractivity contribution >= 4 is 24.2 Å². The molecule has 2 amide bonds. The highest BCUT2D eigenvalue weighted by atomic mass is 16.5. The van der Waals surface area contributed by atoms with Gasteiger partial charge in [0.1, 0.15) is 17.5 Å². The molecule has 0 unspecified atom stereocenters. The lowest BCUT2D eigenvalue weighted by atomic mass is 9.90. The van der Waals surface area contributed by atoms with Crippen molar-refractivity contribution in [3.63, 3.8) is 0 Å². The molecule has 1 saturated heterocycles. The fourth-order valence-electron chi connectivity index (χ4n) is 3.55. The van der Waals surface area contributed by atoms with E-state index in [4.69, 9.17) is 19.2 Å². The van der Waals surface area contributed by atoms with Crippen molar-refractivity contribution in [3.8, 4) is 11.5 Å². The van der Waals surface area contributed by atoms with Crippen LogP contribution in [0.15, 0.2) is 23.2 Å². The number of esters is 1. The number of nitrogens with zero attached hydrogens (tertiary/aromatic N) is 3. The summed E-state index contributed by atoms with van der Waals surface area (Å²) in [6, 6.07) is 4.32. The van der Waals surface area contributed by atoms with Crippen molar-refractivity contribution in [1.82, 2.24) is 15.1 Å². The van der Waals surface area contributed by atoms with Gasteiger partial charge in [-0.15, -0.1) is 0 Å². The van der Waals surface area contributed by atoms with E-state index in [-0.39, 0.29) is 6.61 Å². The number of ether oxygens (including phenoxy) is 3. The number of amides is 2. The second-order valence-electron chi connectivity index (χ2n) is 6.85. The van der Waals surface area contributed by atoms with E-state index in [1.54, 1.807) is 37.1 Å². The van der Waals surface area contributed by atoms with Crippen LogP contribution in [-0.2, 0) is 19.1 Å². The maximum Gasteiger partial charge on any atom is 0.321 e. The molecule has 0 radical (unpaired) electrons. The van der Waals surface area contributed by atoms with Gasteiger partial charge in [0.05, 0.1) is 20.8 Å². The lowest BCUT2D eigenvalue weighted by Crippen LogP contribution is -2.57. The molecular weight excluding hydrogens is 392 g/mol. The van der Waals surface area contributed by atoms with Crippen molar-refractivity contribution in [1.29, 1.82) is 0 Å². The molecule has 3 rings (SSSR count). The Labute approximate surface area is 174 Å². The molecule has 10 nitrogen and oxygen atoms in total. The number of aliphatic imine (C=N–C) groups is 1. The maximum atomic E-state index is 12.9. The quantitative estimate of drug-likeness (QED) is 0.399. The first-order valence-corrected chi connectivity index (χ1v) is 9.73. The van der Waals surface area contributed by atoms with Gasteiger partial charge in [-0.2, -0.15) is 0 Å². The number of hydrogen-bond donors (Lipinski definition) is 1. The highest BCUT2D eigenvalue weighted by Gasteiger charge is 2.43. The van der Waals surface area contributed by atoms with Crippen LogP contribution in [0.3, 0.4) is 0 Å². The molecule has 1 fully saturated rings. The second-order valence-corrected chi connectivity index (χ2v) is 6.85. The van der Waals surface area contributed by atoms with E-state index in [9.17, 15) is 14.4 Å². The largest absolute Gasteiger partial charge is 0.497 e. The normalized spacial score (nSPS) is 21.4. The second kappa shape index (κ2) is 9.47. The van der Waals surface area contributed by atoms with Crippen LogP contribution in [0, 0.1) is 5.92 Å². The Balaban J connectivity index is 2.00. The fraction of sp³-hybridized carbons (Fsp3) is 0.500. The van der Waals surface area contributed by atoms with E-state index in [0.29, 0.717) is 49.2 Å². The van der Waals surface area contributed by atoms with Crippen molar-refractivity contribution in [3.05, 3.63) is 23.8 Å². The van der Waals surface area contributed by atoms with Gasteiger partial charge in [-0.05, 0) is 19.1 Å². The van der Waals surface area contributed by atoms with E-state index in [2.05, 4.69) is 5.32 Å². The minimum atomic E-state index is -1.15. The number of hydrogen-bond acceptors (Lipinski definition) is 8. The predicted molar refractivity (Wildman–Crippen MR) is 107 cm³/mol. The molecule has 2 aliphatic heterocycles. The van der Waals surface area contributed by atoms with Crippen molar-refractivity contribution in [2.24, 2.45) is 10.9 Å². The summed E-state index contributed by atoms with van der Waals surface area (Å²) in [5.41, 5.74) is 0.579. The number of guanidine groups is 1. The molecule has 0 spiro atoms. The lowest BCUT2D eigenvalue weighted by Gasteiger charge is -2.37. The summed E-state index contributed by atoms with van der Waals surface area (Å²) in [7, 11) is 3.04. The average molecular weight is 418 g/mol. The van der Waals surface area contributed by atoms with Crippen molar-refractivity contribution in [2.45, 2.75) is 13.0 Å². The van der Waals surface area contributed by atoms with Crippen LogP contribution >= 0.6 is 0 Å². The summed E-state index contributed by atoms with van der Waals surface area (Å²) < 4.78 is 15.9. The molecule has 162 valence electrons. The van der Waals surface area contributed by atoms with Crippen LogP contribution in [0.4, 0.5) is 0 Å². The lowest BCUT2D eigenvalue weighted by molar-refractivity contribution is -0.153. The topological polar surface area (TPSA) is 110 Å². The zero-order valence-electron chi connectivity index (χ0n) is 17.3. The minimum Gasteiger partial charge on any atom is -0.497 e. The van der Waals surface area contributed by atoms with E-state index >= 15 is 0 Å². The first-order valence-electron chi connectivity index (χ1n) is 9.73. The number of nitrogens with one attached hydrogen (secondary N) is 1. The Bertz CT molecular complexity index is 835. The molecule has 1 aromatic rings. The molecule has 10 heteroatoms. The van der Waals surface area contributed by atoms with Crippen LogP contribution in [0.25, 0.3) is 0 Å². The molecule has 1 aromatic carbocycles. The van der Waals surface area contributed by atoms with E-state index in [0.717, 1.165) is 6.41 Å². The van der Waals surface area contributed by atoms with Gasteiger partial charge in [0.25, 0.3) is 0 Å². The fourth-order valence-corrected chi connectivity index (χ4v) is 3.55. The summed E-state index contributed by atoms with van der Waals surface area (Å²) in [4.78, 5) is 44.8. The Kier molecular flexibility index (Phi) is 6.76. The molecule has 1 N–H and O–H groups in total. The number of methoxy groups -OCH3 is 2. The first-order chi connectivity index (χ1) is 14.5. The number of benzene rings is 1.